The molecular formula is C16H26N2. The Hall–Kier alpha value is -0.890. The van der Waals surface area contributed by atoms with Gasteiger partial charge >= 0.3 is 0 Å². The van der Waals surface area contributed by atoms with Crippen LogP contribution in [0.2, 0.25) is 0 Å². The number of nitrogens with one attached hydrogen (secondary N) is 1. The maximum atomic E-state index is 4.31. The lowest BCUT2D eigenvalue weighted by atomic mass is 9.73. The van der Waals surface area contributed by atoms with Crippen LogP contribution in [-0.2, 0) is 0 Å². The largest absolute Gasteiger partial charge is 0.309 e. The molecule has 0 bridgehead atoms. The average Bonchev–Trinajstić information content (AvgIpc) is 2.90. The highest BCUT2D eigenvalue weighted by Crippen LogP contribution is 2.49. The van der Waals surface area contributed by atoms with Gasteiger partial charge in [-0.2, -0.15) is 0 Å². The lowest BCUT2D eigenvalue weighted by molar-refractivity contribution is 0.187. The summed E-state index contributed by atoms with van der Waals surface area (Å²) in [7, 11) is 0. The van der Waals surface area contributed by atoms with Gasteiger partial charge in [-0.1, -0.05) is 32.8 Å². The van der Waals surface area contributed by atoms with E-state index in [2.05, 4.69) is 36.3 Å². The predicted octanol–water partition coefficient (Wildman–Crippen LogP) is 4.09. The van der Waals surface area contributed by atoms with Gasteiger partial charge < -0.3 is 5.32 Å². The van der Waals surface area contributed by atoms with Crippen LogP contribution in [0.25, 0.3) is 0 Å². The molecule has 100 valence electrons. The van der Waals surface area contributed by atoms with Gasteiger partial charge in [-0.15, -0.1) is 0 Å². The fraction of sp³-hybridized carbons (Fsp3) is 0.688. The monoisotopic (exact) mass is 246 g/mol. The molecule has 2 nitrogen and oxygen atoms in total. The number of hydrogen-bond donors (Lipinski definition) is 1. The molecule has 0 spiro atoms. The average molecular weight is 246 g/mol. The second-order valence-electron chi connectivity index (χ2n) is 5.60. The minimum Gasteiger partial charge on any atom is -0.309 e. The van der Waals surface area contributed by atoms with Crippen LogP contribution in [0.1, 0.15) is 64.0 Å². The molecule has 1 fully saturated rings. The van der Waals surface area contributed by atoms with E-state index in [0.29, 0.717) is 11.5 Å². The summed E-state index contributed by atoms with van der Waals surface area (Å²) in [6.45, 7) is 5.68. The van der Waals surface area contributed by atoms with Gasteiger partial charge in [0.1, 0.15) is 0 Å². The van der Waals surface area contributed by atoms with Crippen LogP contribution in [0.5, 0.6) is 0 Å². The van der Waals surface area contributed by atoms with Gasteiger partial charge in [-0.05, 0) is 49.3 Å². The first-order chi connectivity index (χ1) is 8.82. The van der Waals surface area contributed by atoms with Crippen LogP contribution in [0.15, 0.2) is 24.5 Å². The highest BCUT2D eigenvalue weighted by atomic mass is 14.9. The molecule has 1 aromatic rings. The zero-order valence-electron chi connectivity index (χ0n) is 11.8. The van der Waals surface area contributed by atoms with E-state index in [9.17, 15) is 0 Å². The molecule has 0 aromatic carbocycles. The van der Waals surface area contributed by atoms with Gasteiger partial charge in [0.05, 0.1) is 0 Å². The number of aromatic nitrogens is 1. The first-order valence-corrected chi connectivity index (χ1v) is 7.45. The highest BCUT2D eigenvalue weighted by Gasteiger charge is 2.40. The van der Waals surface area contributed by atoms with Crippen LogP contribution in [0.4, 0.5) is 0 Å². The molecule has 1 aliphatic rings. The third-order valence-corrected chi connectivity index (χ3v) is 4.53. The summed E-state index contributed by atoms with van der Waals surface area (Å²) in [4.78, 5) is 4.31. The maximum Gasteiger partial charge on any atom is 0.0392 e. The minimum absolute atomic E-state index is 0.457. The van der Waals surface area contributed by atoms with E-state index < -0.39 is 0 Å². The Morgan fingerprint density at radius 3 is 2.67 bits per heavy atom. The molecule has 1 saturated carbocycles. The molecule has 0 radical (unpaired) electrons. The molecule has 0 aliphatic heterocycles. The molecule has 0 saturated heterocycles. The van der Waals surface area contributed by atoms with Gasteiger partial charge in [0, 0.05) is 18.4 Å². The van der Waals surface area contributed by atoms with Gasteiger partial charge in [0.2, 0.25) is 0 Å². The number of rotatable bonds is 6. The van der Waals surface area contributed by atoms with Crippen LogP contribution in [0, 0.1) is 5.41 Å². The van der Waals surface area contributed by atoms with Gasteiger partial charge in [-0.3, -0.25) is 4.98 Å². The lowest BCUT2D eigenvalue weighted by Gasteiger charge is -2.38. The van der Waals surface area contributed by atoms with Gasteiger partial charge in [0.15, 0.2) is 0 Å². The first-order valence-electron chi connectivity index (χ1n) is 7.45. The van der Waals surface area contributed by atoms with Crippen molar-refractivity contribution in [2.24, 2.45) is 5.41 Å². The van der Waals surface area contributed by atoms with E-state index in [1.54, 1.807) is 0 Å². The van der Waals surface area contributed by atoms with Crippen molar-refractivity contribution in [1.29, 1.82) is 0 Å². The summed E-state index contributed by atoms with van der Waals surface area (Å²) in [5, 5.41) is 3.78. The molecule has 1 atom stereocenters. The Balaban J connectivity index is 2.24. The van der Waals surface area contributed by atoms with Crippen molar-refractivity contribution in [3.63, 3.8) is 0 Å². The number of nitrogens with zero attached hydrogens (tertiary/aromatic N) is 1. The van der Waals surface area contributed by atoms with Crippen molar-refractivity contribution in [3.8, 4) is 0 Å². The van der Waals surface area contributed by atoms with Gasteiger partial charge in [0.25, 0.3) is 0 Å². The summed E-state index contributed by atoms with van der Waals surface area (Å²) in [6.07, 6.45) is 11.9. The Kier molecular flexibility index (Phi) is 4.76. The number of hydrogen-bond acceptors (Lipinski definition) is 2. The van der Waals surface area contributed by atoms with E-state index in [-0.39, 0.29) is 0 Å². The van der Waals surface area contributed by atoms with Crippen LogP contribution in [-0.4, -0.2) is 11.5 Å². The summed E-state index contributed by atoms with van der Waals surface area (Å²) in [6, 6.07) is 4.78. The van der Waals surface area contributed by atoms with E-state index in [1.807, 2.05) is 12.4 Å². The molecule has 1 heterocycles. The molecule has 2 heteroatoms. The smallest absolute Gasteiger partial charge is 0.0392 e. The third kappa shape index (κ3) is 2.74. The summed E-state index contributed by atoms with van der Waals surface area (Å²) < 4.78 is 0. The Labute approximate surface area is 111 Å². The topological polar surface area (TPSA) is 24.9 Å². The third-order valence-electron chi connectivity index (χ3n) is 4.53. The number of pyridine rings is 1. The minimum atomic E-state index is 0.457. The van der Waals surface area contributed by atoms with Crippen LogP contribution >= 0.6 is 0 Å². The highest BCUT2D eigenvalue weighted by molar-refractivity contribution is 5.18. The van der Waals surface area contributed by atoms with Crippen molar-refractivity contribution in [2.45, 2.75) is 58.4 Å². The fourth-order valence-corrected chi connectivity index (χ4v) is 3.45. The van der Waals surface area contributed by atoms with Crippen molar-refractivity contribution in [1.82, 2.24) is 10.3 Å². The quantitative estimate of drug-likeness (QED) is 0.817. The van der Waals surface area contributed by atoms with Gasteiger partial charge in [-0.25, -0.2) is 0 Å². The lowest BCUT2D eigenvalue weighted by Crippen LogP contribution is -2.36. The van der Waals surface area contributed by atoms with Crippen molar-refractivity contribution < 1.29 is 0 Å². The normalized spacial score (nSPS) is 19.9. The molecule has 1 aliphatic carbocycles. The second-order valence-corrected chi connectivity index (χ2v) is 5.60. The SMILES string of the molecule is CCCNC(c1cccnc1)C1(CC)CCCC1. The zero-order valence-corrected chi connectivity index (χ0v) is 11.8. The molecule has 0 amide bonds. The zero-order chi connectivity index (χ0) is 12.8. The van der Waals surface area contributed by atoms with E-state index in [4.69, 9.17) is 0 Å². The van der Waals surface area contributed by atoms with E-state index >= 15 is 0 Å². The van der Waals surface area contributed by atoms with Crippen LogP contribution in [0.3, 0.4) is 0 Å². The Bertz CT molecular complexity index is 341. The molecule has 1 N–H and O–H groups in total. The van der Waals surface area contributed by atoms with Crippen LogP contribution < -0.4 is 5.32 Å². The van der Waals surface area contributed by atoms with E-state index in [1.165, 1.54) is 44.1 Å². The predicted molar refractivity (Wildman–Crippen MR) is 76.5 cm³/mol. The Morgan fingerprint density at radius 2 is 2.11 bits per heavy atom. The molecule has 2 rings (SSSR count). The van der Waals surface area contributed by atoms with Crippen molar-refractivity contribution in [2.75, 3.05) is 6.54 Å². The summed E-state index contributed by atoms with van der Waals surface area (Å²) >= 11 is 0. The maximum absolute atomic E-state index is 4.31. The molecule has 18 heavy (non-hydrogen) atoms. The second kappa shape index (κ2) is 6.33. The fourth-order valence-electron chi connectivity index (χ4n) is 3.45. The summed E-state index contributed by atoms with van der Waals surface area (Å²) in [5.74, 6) is 0. The molecule has 1 unspecified atom stereocenters. The summed E-state index contributed by atoms with van der Waals surface area (Å²) in [5.41, 5.74) is 1.83. The first kappa shape index (κ1) is 13.5. The van der Waals surface area contributed by atoms with Crippen molar-refractivity contribution >= 4 is 0 Å². The Morgan fingerprint density at radius 1 is 1.33 bits per heavy atom. The van der Waals surface area contributed by atoms with E-state index in [0.717, 1.165) is 6.54 Å². The standard InChI is InChI=1S/C16H26N2/c1-3-11-18-15(14-8-7-12-17-13-14)16(4-2)9-5-6-10-16/h7-8,12-13,15,18H,3-6,9-11H2,1-2H3. The molecular weight excluding hydrogens is 220 g/mol. The van der Waals surface area contributed by atoms with Crippen molar-refractivity contribution in [3.05, 3.63) is 30.1 Å². The molecule has 1 aromatic heterocycles.